The third-order valence-corrected chi connectivity index (χ3v) is 9.84. The summed E-state index contributed by atoms with van der Waals surface area (Å²) in [7, 11) is 0. The zero-order valence-corrected chi connectivity index (χ0v) is 29.9. The highest BCUT2D eigenvalue weighted by Gasteiger charge is 2.55. The number of amides is 5. The molecule has 0 aromatic heterocycles. The number of carbonyl (C=O) groups excluding carboxylic acids is 5. The van der Waals surface area contributed by atoms with E-state index in [1.54, 1.807) is 24.3 Å². The number of rotatable bonds is 20. The van der Waals surface area contributed by atoms with Crippen molar-refractivity contribution in [1.29, 1.82) is 0 Å². The van der Waals surface area contributed by atoms with Crippen LogP contribution in [-0.2, 0) is 44.7 Å². The zero-order chi connectivity index (χ0) is 38.5. The summed E-state index contributed by atoms with van der Waals surface area (Å²) < 4.78 is 66.4. The molecule has 0 radical (unpaired) electrons. The SMILES string of the molecule is CC(=O)CSC1CC(=O)N(Cc2cccc(OCCOCCOCCOCCNC(=O)NCC3O[C@H]4CCN(C(=O)C(F)(F)F)[C@H]4[C@@H](O)[C@H]3O)c2)C1=O. The number of halogens is 3. The molecule has 4 rings (SSSR count). The molecule has 3 aliphatic heterocycles. The Hall–Kier alpha value is -3.53. The first-order valence-electron chi connectivity index (χ1n) is 17.1. The highest BCUT2D eigenvalue weighted by Crippen LogP contribution is 2.35. The van der Waals surface area contributed by atoms with Gasteiger partial charge in [-0.15, -0.1) is 11.8 Å². The Morgan fingerprint density at radius 3 is 2.34 bits per heavy atom. The first-order valence-corrected chi connectivity index (χ1v) is 18.1. The van der Waals surface area contributed by atoms with Gasteiger partial charge in [-0.2, -0.15) is 13.2 Å². The minimum Gasteiger partial charge on any atom is -0.491 e. The molecular formula is C33H45F3N4O12S. The number of Topliss-reactive ketones (excluding diaryl/α,β-unsaturated/α-hetero) is 1. The number of aliphatic hydroxyl groups excluding tert-OH is 2. The van der Waals surface area contributed by atoms with Gasteiger partial charge in [0.1, 0.15) is 36.5 Å². The van der Waals surface area contributed by atoms with Crippen LogP contribution in [-0.4, -0.2) is 163 Å². The number of carbonyl (C=O) groups is 5. The molecule has 296 valence electrons. The molecule has 3 heterocycles. The number of hydrogen-bond donors (Lipinski definition) is 4. The molecule has 20 heteroatoms. The van der Waals surface area contributed by atoms with E-state index in [9.17, 15) is 47.4 Å². The van der Waals surface area contributed by atoms with Gasteiger partial charge in [-0.25, -0.2) is 4.79 Å². The van der Waals surface area contributed by atoms with E-state index in [0.29, 0.717) is 30.5 Å². The van der Waals surface area contributed by atoms with Gasteiger partial charge in [0.05, 0.1) is 69.3 Å². The lowest BCUT2D eigenvalue weighted by molar-refractivity contribution is -0.207. The third kappa shape index (κ3) is 12.5. The number of hydrogen-bond acceptors (Lipinski definition) is 13. The number of thioether (sulfide) groups is 1. The van der Waals surface area contributed by atoms with Gasteiger partial charge in [-0.1, -0.05) is 12.1 Å². The summed E-state index contributed by atoms with van der Waals surface area (Å²) in [4.78, 5) is 61.7. The number of imide groups is 1. The molecule has 2 unspecified atom stereocenters. The van der Waals surface area contributed by atoms with Crippen LogP contribution in [0.4, 0.5) is 18.0 Å². The first kappa shape index (κ1) is 42.2. The Bertz CT molecular complexity index is 1430. The molecule has 1 aromatic rings. The number of benzene rings is 1. The fourth-order valence-electron chi connectivity index (χ4n) is 5.97. The van der Waals surface area contributed by atoms with Gasteiger partial charge in [0.25, 0.3) is 0 Å². The largest absolute Gasteiger partial charge is 0.491 e. The number of nitrogens with one attached hydrogen (secondary N) is 2. The Morgan fingerprint density at radius 2 is 1.66 bits per heavy atom. The number of likely N-dealkylation sites (tertiary alicyclic amines) is 2. The van der Waals surface area contributed by atoms with Crippen molar-refractivity contribution in [2.24, 2.45) is 0 Å². The van der Waals surface area contributed by atoms with Crippen LogP contribution < -0.4 is 15.4 Å². The molecule has 0 saturated carbocycles. The predicted molar refractivity (Wildman–Crippen MR) is 180 cm³/mol. The first-order chi connectivity index (χ1) is 25.3. The highest BCUT2D eigenvalue weighted by atomic mass is 32.2. The molecule has 3 saturated heterocycles. The van der Waals surface area contributed by atoms with Crippen LogP contribution in [0.1, 0.15) is 25.3 Å². The van der Waals surface area contributed by atoms with Crippen LogP contribution >= 0.6 is 11.8 Å². The van der Waals surface area contributed by atoms with Gasteiger partial charge in [0.2, 0.25) is 11.8 Å². The van der Waals surface area contributed by atoms with Crippen molar-refractivity contribution < 1.29 is 71.0 Å². The Balaban J connectivity index is 0.976. The molecule has 0 aliphatic carbocycles. The van der Waals surface area contributed by atoms with E-state index in [1.807, 2.05) is 0 Å². The summed E-state index contributed by atoms with van der Waals surface area (Å²) in [6.45, 7) is 3.09. The summed E-state index contributed by atoms with van der Waals surface area (Å²) >= 11 is 1.19. The lowest BCUT2D eigenvalue weighted by Gasteiger charge is -2.42. The van der Waals surface area contributed by atoms with Crippen LogP contribution in [0.5, 0.6) is 5.75 Å². The molecular weight excluding hydrogens is 733 g/mol. The normalized spacial score (nSPS) is 24.3. The Kier molecular flexibility index (Phi) is 16.1. The van der Waals surface area contributed by atoms with Crippen LogP contribution in [0.15, 0.2) is 24.3 Å². The predicted octanol–water partition coefficient (Wildman–Crippen LogP) is 0.0165. The number of fused-ring (bicyclic) bond motifs is 1. The van der Waals surface area contributed by atoms with E-state index >= 15 is 0 Å². The average molecular weight is 779 g/mol. The van der Waals surface area contributed by atoms with Gasteiger partial charge in [-0.05, 0) is 31.0 Å². The number of ether oxygens (including phenoxy) is 5. The topological polar surface area (TPSA) is 202 Å². The van der Waals surface area contributed by atoms with Crippen LogP contribution in [0.2, 0.25) is 0 Å². The van der Waals surface area contributed by atoms with Gasteiger partial charge >= 0.3 is 18.1 Å². The zero-order valence-electron chi connectivity index (χ0n) is 29.1. The van der Waals surface area contributed by atoms with E-state index in [0.717, 1.165) is 5.56 Å². The van der Waals surface area contributed by atoms with Crippen molar-refractivity contribution in [1.82, 2.24) is 20.4 Å². The molecule has 1 aromatic carbocycles. The summed E-state index contributed by atoms with van der Waals surface area (Å²) in [6, 6.07) is 5.12. The van der Waals surface area contributed by atoms with Gasteiger partial charge in [0, 0.05) is 26.1 Å². The Labute approximate surface area is 307 Å². The molecule has 3 aliphatic rings. The van der Waals surface area contributed by atoms with E-state index in [2.05, 4.69) is 10.6 Å². The number of nitrogens with zero attached hydrogens (tertiary/aromatic N) is 2. The van der Waals surface area contributed by atoms with Crippen molar-refractivity contribution in [2.75, 3.05) is 71.6 Å². The number of ketones is 1. The van der Waals surface area contributed by atoms with Gasteiger partial charge < -0.3 is 49.4 Å². The highest BCUT2D eigenvalue weighted by molar-refractivity contribution is 8.01. The maximum atomic E-state index is 12.9. The third-order valence-electron chi connectivity index (χ3n) is 8.49. The van der Waals surface area contributed by atoms with Crippen LogP contribution in [0, 0.1) is 0 Å². The standard InChI is InChI=1S/C33H45F3N4O12S/c1-20(41)19-53-25-16-26(42)40(30(25)45)18-21-3-2-4-22(15-21)51-14-13-50-12-11-49-10-9-48-8-6-37-32(47)38-17-24-28(43)29(44)27-23(52-24)5-7-39(27)31(46)33(34,35)36/h2-4,15,23-25,27-29,43-44H,5-14,16-19H2,1H3,(H2,37,38,47)/t23-,24?,25?,27+,28-,29+/m0/s1. The molecule has 6 atom stereocenters. The summed E-state index contributed by atoms with van der Waals surface area (Å²) in [5.41, 5.74) is 0.735. The molecule has 53 heavy (non-hydrogen) atoms. The van der Waals surface area contributed by atoms with E-state index in [1.165, 1.54) is 23.6 Å². The van der Waals surface area contributed by atoms with Crippen molar-refractivity contribution in [3.8, 4) is 5.75 Å². The van der Waals surface area contributed by atoms with Gasteiger partial charge in [-0.3, -0.25) is 24.1 Å². The maximum Gasteiger partial charge on any atom is 0.471 e. The number of alkyl halides is 3. The smallest absolute Gasteiger partial charge is 0.471 e. The minimum atomic E-state index is -5.12. The quantitative estimate of drug-likeness (QED) is 0.102. The molecule has 5 amide bonds. The van der Waals surface area contributed by atoms with Crippen molar-refractivity contribution in [3.63, 3.8) is 0 Å². The molecule has 4 N–H and O–H groups in total. The monoisotopic (exact) mass is 778 g/mol. The van der Waals surface area contributed by atoms with Crippen molar-refractivity contribution >= 4 is 41.3 Å². The number of aliphatic hydroxyl groups is 2. The van der Waals surface area contributed by atoms with E-state index < -0.39 is 53.8 Å². The Morgan fingerprint density at radius 1 is 0.981 bits per heavy atom. The van der Waals surface area contributed by atoms with E-state index in [4.69, 9.17) is 23.7 Å². The van der Waals surface area contributed by atoms with Crippen LogP contribution in [0.3, 0.4) is 0 Å². The summed E-state index contributed by atoms with van der Waals surface area (Å²) in [5.74, 6) is -1.96. The van der Waals surface area contributed by atoms with Crippen molar-refractivity contribution in [2.45, 2.75) is 68.2 Å². The molecule has 0 spiro atoms. The second kappa shape index (κ2) is 20.2. The average Bonchev–Trinajstić information content (AvgIpc) is 3.65. The fraction of sp³-hybridized carbons (Fsp3) is 0.667. The second-order valence-electron chi connectivity index (χ2n) is 12.5. The minimum absolute atomic E-state index is 0.0438. The summed E-state index contributed by atoms with van der Waals surface area (Å²) in [5, 5.41) is 25.3. The van der Waals surface area contributed by atoms with Gasteiger partial charge in [0.15, 0.2) is 0 Å². The molecule has 0 bridgehead atoms. The van der Waals surface area contributed by atoms with E-state index in [-0.39, 0.29) is 88.8 Å². The molecule has 16 nitrogen and oxygen atoms in total. The number of urea groups is 1. The fourth-order valence-corrected chi connectivity index (χ4v) is 6.94. The summed E-state index contributed by atoms with van der Waals surface area (Å²) in [6.07, 6.45) is -10.3. The lowest BCUT2D eigenvalue weighted by atomic mass is 9.93. The van der Waals surface area contributed by atoms with Crippen LogP contribution in [0.25, 0.3) is 0 Å². The maximum absolute atomic E-state index is 12.9. The lowest BCUT2D eigenvalue weighted by Crippen LogP contribution is -2.63. The molecule has 3 fully saturated rings. The van der Waals surface area contributed by atoms with Crippen molar-refractivity contribution in [3.05, 3.63) is 29.8 Å². The second-order valence-corrected chi connectivity index (χ2v) is 13.7.